The Morgan fingerprint density at radius 1 is 1.08 bits per heavy atom. The number of para-hydroxylation sites is 1. The Kier molecular flexibility index (Phi) is 4.10. The normalized spacial score (nSPS) is 13.4. The van der Waals surface area contributed by atoms with Gasteiger partial charge in [-0.15, -0.1) is 0 Å². The van der Waals surface area contributed by atoms with Gasteiger partial charge in [0.25, 0.3) is 15.9 Å². The maximum absolute atomic E-state index is 13.7. The summed E-state index contributed by atoms with van der Waals surface area (Å²) in [5.74, 6) is -2.83. The number of halogens is 2. The Bertz CT molecular complexity index is 914. The minimum Gasteiger partial charge on any atom is -0.486 e. The summed E-state index contributed by atoms with van der Waals surface area (Å²) in [6, 6.07) is 6.34. The Balaban J connectivity index is 1.92. The third-order valence-corrected chi connectivity index (χ3v) is 4.59. The summed E-state index contributed by atoms with van der Waals surface area (Å²) >= 11 is 0. The van der Waals surface area contributed by atoms with Crippen LogP contribution in [0.2, 0.25) is 0 Å². The maximum Gasteiger partial charge on any atom is 0.268 e. The van der Waals surface area contributed by atoms with E-state index in [-0.39, 0.29) is 17.9 Å². The molecule has 0 spiro atoms. The first-order valence-corrected chi connectivity index (χ1v) is 8.27. The predicted molar refractivity (Wildman–Crippen MR) is 78.4 cm³/mol. The van der Waals surface area contributed by atoms with E-state index in [0.29, 0.717) is 18.4 Å². The van der Waals surface area contributed by atoms with Crippen molar-refractivity contribution in [2.24, 2.45) is 0 Å². The van der Waals surface area contributed by atoms with Crippen LogP contribution in [-0.4, -0.2) is 27.5 Å². The molecule has 126 valence electrons. The third kappa shape index (κ3) is 3.02. The van der Waals surface area contributed by atoms with Gasteiger partial charge in [-0.05, 0) is 24.3 Å². The number of fused-ring (bicyclic) bond motifs is 1. The third-order valence-electron chi connectivity index (χ3n) is 3.22. The van der Waals surface area contributed by atoms with Crippen molar-refractivity contribution in [1.82, 2.24) is 4.72 Å². The van der Waals surface area contributed by atoms with Gasteiger partial charge in [0.2, 0.25) is 0 Å². The molecule has 24 heavy (non-hydrogen) atoms. The second-order valence-corrected chi connectivity index (χ2v) is 6.49. The molecule has 0 saturated heterocycles. The molecule has 6 nitrogen and oxygen atoms in total. The second kappa shape index (κ2) is 6.08. The molecule has 0 saturated carbocycles. The van der Waals surface area contributed by atoms with E-state index < -0.39 is 32.5 Å². The lowest BCUT2D eigenvalue weighted by molar-refractivity contribution is 0.0970. The molecule has 1 aliphatic rings. The highest BCUT2D eigenvalue weighted by Crippen LogP contribution is 2.33. The number of benzene rings is 2. The number of carbonyl (C=O) groups excluding carboxylic acids is 1. The second-order valence-electron chi connectivity index (χ2n) is 4.84. The standard InChI is InChI=1S/C15H11F2NO5S/c16-9-4-5-13(11(17)8-9)24(20,21)18-15(19)10-2-1-3-12-14(10)23-7-6-22-12/h1-5,8H,6-7H2,(H,18,19). The lowest BCUT2D eigenvalue weighted by atomic mass is 10.1. The molecule has 0 atom stereocenters. The SMILES string of the molecule is O=C(NS(=O)(=O)c1ccc(F)cc1F)c1cccc2c1OCCO2. The van der Waals surface area contributed by atoms with Gasteiger partial charge in [-0.25, -0.2) is 21.9 Å². The quantitative estimate of drug-likeness (QED) is 0.909. The van der Waals surface area contributed by atoms with E-state index >= 15 is 0 Å². The van der Waals surface area contributed by atoms with Crippen LogP contribution in [0.1, 0.15) is 10.4 Å². The van der Waals surface area contributed by atoms with Gasteiger partial charge >= 0.3 is 0 Å². The average Bonchev–Trinajstić information content (AvgIpc) is 2.53. The molecule has 3 rings (SSSR count). The van der Waals surface area contributed by atoms with Gasteiger partial charge in [0, 0.05) is 6.07 Å². The van der Waals surface area contributed by atoms with E-state index in [1.54, 1.807) is 10.8 Å². The Labute approximate surface area is 136 Å². The Morgan fingerprint density at radius 2 is 1.83 bits per heavy atom. The highest BCUT2D eigenvalue weighted by atomic mass is 32.2. The van der Waals surface area contributed by atoms with Crippen molar-refractivity contribution in [3.8, 4) is 11.5 Å². The van der Waals surface area contributed by atoms with Crippen molar-refractivity contribution >= 4 is 15.9 Å². The van der Waals surface area contributed by atoms with Crippen molar-refractivity contribution in [3.63, 3.8) is 0 Å². The lowest BCUT2D eigenvalue weighted by Gasteiger charge is -2.20. The Morgan fingerprint density at radius 3 is 2.58 bits per heavy atom. The molecule has 9 heteroatoms. The molecule has 1 N–H and O–H groups in total. The maximum atomic E-state index is 13.7. The van der Waals surface area contributed by atoms with E-state index in [9.17, 15) is 22.0 Å². The molecule has 0 radical (unpaired) electrons. The summed E-state index contributed by atoms with van der Waals surface area (Å²) in [5, 5.41) is 0. The summed E-state index contributed by atoms with van der Waals surface area (Å²) in [5.41, 5.74) is -0.0710. The highest BCUT2D eigenvalue weighted by molar-refractivity contribution is 7.90. The fourth-order valence-corrected chi connectivity index (χ4v) is 3.20. The van der Waals surface area contributed by atoms with Crippen molar-refractivity contribution < 1.29 is 31.5 Å². The monoisotopic (exact) mass is 355 g/mol. The van der Waals surface area contributed by atoms with Crippen molar-refractivity contribution in [1.29, 1.82) is 0 Å². The number of rotatable bonds is 3. The first-order chi connectivity index (χ1) is 11.4. The van der Waals surface area contributed by atoms with E-state index in [1.165, 1.54) is 12.1 Å². The smallest absolute Gasteiger partial charge is 0.268 e. The van der Waals surface area contributed by atoms with E-state index in [2.05, 4.69) is 0 Å². The van der Waals surface area contributed by atoms with Crippen molar-refractivity contribution in [2.75, 3.05) is 13.2 Å². The number of hydrogen-bond acceptors (Lipinski definition) is 5. The minimum atomic E-state index is -4.52. The number of amides is 1. The summed E-state index contributed by atoms with van der Waals surface area (Å²) in [6.07, 6.45) is 0. The summed E-state index contributed by atoms with van der Waals surface area (Å²) in [4.78, 5) is 11.4. The number of ether oxygens (including phenoxy) is 2. The number of carbonyl (C=O) groups is 1. The van der Waals surface area contributed by atoms with Crippen LogP contribution in [0.25, 0.3) is 0 Å². The van der Waals surface area contributed by atoms with Crippen LogP contribution in [0, 0.1) is 11.6 Å². The molecule has 0 aliphatic carbocycles. The zero-order valence-electron chi connectivity index (χ0n) is 12.1. The van der Waals surface area contributed by atoms with E-state index in [4.69, 9.17) is 9.47 Å². The van der Waals surface area contributed by atoms with E-state index in [1.807, 2.05) is 0 Å². The number of hydrogen-bond donors (Lipinski definition) is 1. The molecule has 1 aliphatic heterocycles. The first-order valence-electron chi connectivity index (χ1n) is 6.79. The van der Waals surface area contributed by atoms with Crippen LogP contribution < -0.4 is 14.2 Å². The number of sulfonamides is 1. The van der Waals surface area contributed by atoms with Gasteiger partial charge in [0.15, 0.2) is 11.5 Å². The molecule has 0 unspecified atom stereocenters. The fraction of sp³-hybridized carbons (Fsp3) is 0.133. The molecule has 0 bridgehead atoms. The molecule has 1 amide bonds. The molecular weight excluding hydrogens is 344 g/mol. The molecular formula is C15H11F2NO5S. The molecule has 2 aromatic carbocycles. The topological polar surface area (TPSA) is 81.7 Å². The minimum absolute atomic E-state index is 0.0710. The van der Waals surface area contributed by atoms with E-state index in [0.717, 1.165) is 12.1 Å². The van der Waals surface area contributed by atoms with Gasteiger partial charge in [-0.3, -0.25) is 4.79 Å². The van der Waals surface area contributed by atoms with Crippen LogP contribution in [0.3, 0.4) is 0 Å². The van der Waals surface area contributed by atoms with Crippen LogP contribution in [-0.2, 0) is 10.0 Å². The largest absolute Gasteiger partial charge is 0.486 e. The van der Waals surface area contributed by atoms with Gasteiger partial charge in [0.05, 0.1) is 5.56 Å². The number of nitrogens with one attached hydrogen (secondary N) is 1. The average molecular weight is 355 g/mol. The highest BCUT2D eigenvalue weighted by Gasteiger charge is 2.26. The summed E-state index contributed by atoms with van der Waals surface area (Å²) < 4.78 is 63.2. The van der Waals surface area contributed by atoms with Crippen LogP contribution >= 0.6 is 0 Å². The Hall–Kier alpha value is -2.68. The van der Waals surface area contributed by atoms with Crippen molar-refractivity contribution in [3.05, 3.63) is 53.6 Å². The predicted octanol–water partition coefficient (Wildman–Crippen LogP) is 1.85. The van der Waals surface area contributed by atoms with Gasteiger partial charge in [-0.1, -0.05) is 6.07 Å². The molecule has 2 aromatic rings. The zero-order valence-corrected chi connectivity index (χ0v) is 12.9. The fourth-order valence-electron chi connectivity index (χ4n) is 2.18. The zero-order chi connectivity index (χ0) is 17.3. The lowest BCUT2D eigenvalue weighted by Crippen LogP contribution is -2.32. The van der Waals surface area contributed by atoms with Crippen LogP contribution in [0.4, 0.5) is 8.78 Å². The van der Waals surface area contributed by atoms with Crippen molar-refractivity contribution in [2.45, 2.75) is 4.90 Å². The molecule has 0 aromatic heterocycles. The van der Waals surface area contributed by atoms with Crippen LogP contribution in [0.5, 0.6) is 11.5 Å². The van der Waals surface area contributed by atoms with Gasteiger partial charge in [0.1, 0.15) is 29.7 Å². The van der Waals surface area contributed by atoms with Gasteiger partial charge in [-0.2, -0.15) is 0 Å². The molecule has 0 fully saturated rings. The first kappa shape index (κ1) is 16.2. The van der Waals surface area contributed by atoms with Crippen LogP contribution in [0.15, 0.2) is 41.3 Å². The summed E-state index contributed by atoms with van der Waals surface area (Å²) in [7, 11) is -4.52. The molecule has 1 heterocycles. The van der Waals surface area contributed by atoms with Gasteiger partial charge < -0.3 is 9.47 Å². The summed E-state index contributed by atoms with van der Waals surface area (Å²) in [6.45, 7) is 0.508.